The lowest BCUT2D eigenvalue weighted by atomic mass is 10.0. The van der Waals surface area contributed by atoms with Gasteiger partial charge in [0.15, 0.2) is 0 Å². The number of nitrogens with zero attached hydrogens (tertiary/aromatic N) is 1. The van der Waals surface area contributed by atoms with Crippen LogP contribution in [0.2, 0.25) is 0 Å². The van der Waals surface area contributed by atoms with E-state index in [1.54, 1.807) is 7.05 Å². The van der Waals surface area contributed by atoms with Crippen molar-refractivity contribution in [3.05, 3.63) is 0 Å². The van der Waals surface area contributed by atoms with E-state index in [0.717, 1.165) is 25.8 Å². The van der Waals surface area contributed by atoms with Crippen molar-refractivity contribution >= 4 is 5.91 Å². The molecule has 0 radical (unpaired) electrons. The van der Waals surface area contributed by atoms with Gasteiger partial charge in [-0.25, -0.2) is 0 Å². The summed E-state index contributed by atoms with van der Waals surface area (Å²) in [6.07, 6.45) is 3.02. The summed E-state index contributed by atoms with van der Waals surface area (Å²) in [6.45, 7) is 0.812. The van der Waals surface area contributed by atoms with E-state index in [4.69, 9.17) is 5.11 Å². The predicted molar refractivity (Wildman–Crippen MR) is 45.5 cm³/mol. The third kappa shape index (κ3) is 1.95. The molecule has 1 aliphatic heterocycles. The molecule has 1 aliphatic rings. The van der Waals surface area contributed by atoms with Crippen molar-refractivity contribution in [3.63, 3.8) is 0 Å². The first-order chi connectivity index (χ1) is 5.79. The quantitative estimate of drug-likeness (QED) is 0.592. The zero-order chi connectivity index (χ0) is 8.97. The van der Waals surface area contributed by atoms with E-state index >= 15 is 0 Å². The molecule has 12 heavy (non-hydrogen) atoms. The lowest BCUT2D eigenvalue weighted by Gasteiger charge is -2.32. The van der Waals surface area contributed by atoms with E-state index in [9.17, 15) is 4.79 Å². The first-order valence-electron chi connectivity index (χ1n) is 4.36. The van der Waals surface area contributed by atoms with Crippen molar-refractivity contribution in [3.8, 4) is 0 Å². The van der Waals surface area contributed by atoms with Crippen LogP contribution in [0.4, 0.5) is 0 Å². The Kier molecular flexibility index (Phi) is 3.49. The molecule has 0 aromatic heterocycles. The fourth-order valence-electron chi connectivity index (χ4n) is 1.62. The summed E-state index contributed by atoms with van der Waals surface area (Å²) in [4.78, 5) is 13.1. The number of hydrogen-bond acceptors (Lipinski definition) is 3. The highest BCUT2D eigenvalue weighted by Gasteiger charge is 2.26. The molecule has 2 N–H and O–H groups in total. The van der Waals surface area contributed by atoms with Crippen LogP contribution in [0.15, 0.2) is 0 Å². The highest BCUT2D eigenvalue weighted by molar-refractivity contribution is 5.81. The van der Waals surface area contributed by atoms with Gasteiger partial charge in [-0.3, -0.25) is 9.69 Å². The Bertz CT molecular complexity index is 161. The summed E-state index contributed by atoms with van der Waals surface area (Å²) in [5.74, 6) is 0.0174. The molecule has 1 amide bonds. The van der Waals surface area contributed by atoms with E-state index in [2.05, 4.69) is 5.32 Å². The van der Waals surface area contributed by atoms with Crippen molar-refractivity contribution in [2.24, 2.45) is 0 Å². The number of carbonyl (C=O) groups excluding carboxylic acids is 1. The molecule has 4 nitrogen and oxygen atoms in total. The number of rotatable bonds is 2. The molecular formula is C8H16N2O2. The van der Waals surface area contributed by atoms with E-state index in [0.29, 0.717) is 0 Å². The standard InChI is InChI=1S/C8H16N2O2/c1-9-8(12)7-4-2-3-5-10(7)6-11/h7,11H,2-6H2,1H3,(H,9,12). The Morgan fingerprint density at radius 3 is 3.00 bits per heavy atom. The molecular weight excluding hydrogens is 156 g/mol. The summed E-state index contributed by atoms with van der Waals surface area (Å²) >= 11 is 0. The molecule has 70 valence electrons. The Balaban J connectivity index is 2.52. The number of likely N-dealkylation sites (tertiary alicyclic amines) is 1. The van der Waals surface area contributed by atoms with Crippen molar-refractivity contribution in [2.45, 2.75) is 25.3 Å². The van der Waals surface area contributed by atoms with Crippen LogP contribution >= 0.6 is 0 Å². The zero-order valence-corrected chi connectivity index (χ0v) is 7.42. The van der Waals surface area contributed by atoms with E-state index in [1.165, 1.54) is 0 Å². The van der Waals surface area contributed by atoms with Crippen LogP contribution in [0.1, 0.15) is 19.3 Å². The van der Waals surface area contributed by atoms with Gasteiger partial charge < -0.3 is 10.4 Å². The van der Waals surface area contributed by atoms with Crippen LogP contribution in [0.3, 0.4) is 0 Å². The van der Waals surface area contributed by atoms with Crippen molar-refractivity contribution in [1.82, 2.24) is 10.2 Å². The number of aliphatic hydroxyl groups excluding tert-OH is 1. The van der Waals surface area contributed by atoms with Gasteiger partial charge >= 0.3 is 0 Å². The van der Waals surface area contributed by atoms with Gasteiger partial charge in [0.25, 0.3) is 0 Å². The second kappa shape index (κ2) is 4.42. The summed E-state index contributed by atoms with van der Waals surface area (Å²) in [7, 11) is 1.63. The fraction of sp³-hybridized carbons (Fsp3) is 0.875. The predicted octanol–water partition coefficient (Wildman–Crippen LogP) is -0.463. The molecule has 1 heterocycles. The largest absolute Gasteiger partial charge is 0.381 e. The zero-order valence-electron chi connectivity index (χ0n) is 7.42. The lowest BCUT2D eigenvalue weighted by molar-refractivity contribution is -0.129. The van der Waals surface area contributed by atoms with Gasteiger partial charge in [0, 0.05) is 13.6 Å². The van der Waals surface area contributed by atoms with E-state index in [-0.39, 0.29) is 18.7 Å². The minimum atomic E-state index is -0.117. The van der Waals surface area contributed by atoms with Gasteiger partial charge in [-0.05, 0) is 12.8 Å². The molecule has 0 bridgehead atoms. The first-order valence-corrected chi connectivity index (χ1v) is 4.36. The Morgan fingerprint density at radius 1 is 1.67 bits per heavy atom. The number of carbonyl (C=O) groups is 1. The van der Waals surface area contributed by atoms with Gasteiger partial charge in [-0.2, -0.15) is 0 Å². The molecule has 0 spiro atoms. The SMILES string of the molecule is CNC(=O)C1CCCCN1CO. The minimum Gasteiger partial charge on any atom is -0.381 e. The lowest BCUT2D eigenvalue weighted by Crippen LogP contribution is -2.48. The van der Waals surface area contributed by atoms with Crippen LogP contribution in [0, 0.1) is 0 Å². The maximum absolute atomic E-state index is 11.3. The van der Waals surface area contributed by atoms with Crippen LogP contribution < -0.4 is 5.32 Å². The molecule has 1 unspecified atom stereocenters. The van der Waals surface area contributed by atoms with Crippen LogP contribution in [-0.4, -0.2) is 42.3 Å². The third-order valence-electron chi connectivity index (χ3n) is 2.34. The number of likely N-dealkylation sites (N-methyl/N-ethyl adjacent to an activating group) is 1. The average molecular weight is 172 g/mol. The van der Waals surface area contributed by atoms with Crippen molar-refractivity contribution in [1.29, 1.82) is 0 Å². The van der Waals surface area contributed by atoms with Gasteiger partial charge in [0.1, 0.15) is 0 Å². The van der Waals surface area contributed by atoms with Gasteiger partial charge in [-0.1, -0.05) is 6.42 Å². The number of nitrogens with one attached hydrogen (secondary N) is 1. The summed E-state index contributed by atoms with van der Waals surface area (Å²) in [6, 6.07) is -0.117. The summed E-state index contributed by atoms with van der Waals surface area (Å²) in [5, 5.41) is 11.6. The summed E-state index contributed by atoms with van der Waals surface area (Å²) < 4.78 is 0. The minimum absolute atomic E-state index is 0.0158. The molecule has 4 heteroatoms. The second-order valence-electron chi connectivity index (χ2n) is 3.08. The highest BCUT2D eigenvalue weighted by atomic mass is 16.3. The Morgan fingerprint density at radius 2 is 2.42 bits per heavy atom. The molecule has 1 rings (SSSR count). The number of hydrogen-bond donors (Lipinski definition) is 2. The maximum Gasteiger partial charge on any atom is 0.237 e. The number of amides is 1. The molecule has 0 saturated carbocycles. The van der Waals surface area contributed by atoms with E-state index < -0.39 is 0 Å². The highest BCUT2D eigenvalue weighted by Crippen LogP contribution is 2.15. The van der Waals surface area contributed by atoms with Crippen molar-refractivity contribution < 1.29 is 9.90 Å². The third-order valence-corrected chi connectivity index (χ3v) is 2.34. The van der Waals surface area contributed by atoms with E-state index in [1.807, 2.05) is 4.90 Å². The second-order valence-corrected chi connectivity index (χ2v) is 3.08. The Labute approximate surface area is 72.6 Å². The first kappa shape index (κ1) is 9.48. The van der Waals surface area contributed by atoms with Crippen LogP contribution in [-0.2, 0) is 4.79 Å². The fourth-order valence-corrected chi connectivity index (χ4v) is 1.62. The molecule has 1 saturated heterocycles. The average Bonchev–Trinajstić information content (AvgIpc) is 2.16. The number of aliphatic hydroxyl groups is 1. The molecule has 1 fully saturated rings. The maximum atomic E-state index is 11.3. The molecule has 0 aromatic rings. The normalized spacial score (nSPS) is 25.3. The Hall–Kier alpha value is -0.610. The molecule has 0 aliphatic carbocycles. The molecule has 1 atom stereocenters. The van der Waals surface area contributed by atoms with Crippen molar-refractivity contribution in [2.75, 3.05) is 20.3 Å². The van der Waals surface area contributed by atoms with Crippen LogP contribution in [0.25, 0.3) is 0 Å². The van der Waals surface area contributed by atoms with Crippen LogP contribution in [0.5, 0.6) is 0 Å². The van der Waals surface area contributed by atoms with Gasteiger partial charge in [0.2, 0.25) is 5.91 Å². The van der Waals surface area contributed by atoms with Gasteiger partial charge in [0.05, 0.1) is 12.8 Å². The smallest absolute Gasteiger partial charge is 0.237 e. The summed E-state index contributed by atoms with van der Waals surface area (Å²) in [5.41, 5.74) is 0. The molecule has 0 aromatic carbocycles. The monoisotopic (exact) mass is 172 g/mol. The van der Waals surface area contributed by atoms with Gasteiger partial charge in [-0.15, -0.1) is 0 Å². The topological polar surface area (TPSA) is 52.6 Å². The number of piperidine rings is 1.